The van der Waals surface area contributed by atoms with Crippen LogP contribution in [0, 0.1) is 20.2 Å². The van der Waals surface area contributed by atoms with Crippen LogP contribution in [0.1, 0.15) is 33.1 Å². The maximum atomic E-state index is 10.6. The molecule has 0 bridgehead atoms. The maximum absolute atomic E-state index is 10.6. The number of unbranched alkanes of at least 4 members (excludes halogenated alkanes) is 1. The van der Waals surface area contributed by atoms with Gasteiger partial charge in [-0.15, -0.1) is 0 Å². The molecule has 0 saturated heterocycles. The fourth-order valence-electron chi connectivity index (χ4n) is 1.01. The Morgan fingerprint density at radius 1 is 1.33 bits per heavy atom. The van der Waals surface area contributed by atoms with Gasteiger partial charge in [-0.05, 0) is 6.42 Å². The molecule has 86 valence electrons. The molecule has 0 saturated carbocycles. The topological polar surface area (TPSA) is 113 Å². The SMILES string of the molecule is CCCCC(OC(C)=O)([N+](=O)[O-])[N+](=O)[O-]. The van der Waals surface area contributed by atoms with E-state index in [1.165, 1.54) is 0 Å². The van der Waals surface area contributed by atoms with Gasteiger partial charge in [0.1, 0.15) is 16.3 Å². The summed E-state index contributed by atoms with van der Waals surface area (Å²) in [6.45, 7) is 2.62. The van der Waals surface area contributed by atoms with E-state index in [-0.39, 0.29) is 6.42 Å². The highest BCUT2D eigenvalue weighted by Gasteiger charge is 2.60. The van der Waals surface area contributed by atoms with E-state index in [2.05, 4.69) is 4.74 Å². The zero-order chi connectivity index (χ0) is 12.1. The molecule has 0 aromatic carbocycles. The molecule has 0 atom stereocenters. The minimum absolute atomic E-state index is 0.231. The fourth-order valence-corrected chi connectivity index (χ4v) is 1.01. The molecule has 8 heteroatoms. The van der Waals surface area contributed by atoms with Crippen molar-refractivity contribution in [3.05, 3.63) is 20.2 Å². The molecule has 0 aliphatic rings. The van der Waals surface area contributed by atoms with Crippen molar-refractivity contribution in [3.8, 4) is 0 Å². The summed E-state index contributed by atoms with van der Waals surface area (Å²) < 4.78 is 4.23. The van der Waals surface area contributed by atoms with E-state index in [9.17, 15) is 25.0 Å². The summed E-state index contributed by atoms with van der Waals surface area (Å²) in [5.74, 6) is -3.87. The summed E-state index contributed by atoms with van der Waals surface area (Å²) in [4.78, 5) is 29.4. The van der Waals surface area contributed by atoms with Crippen molar-refractivity contribution in [1.29, 1.82) is 0 Å². The van der Waals surface area contributed by atoms with Gasteiger partial charge in [0.05, 0.1) is 0 Å². The molecule has 0 rings (SSSR count). The van der Waals surface area contributed by atoms with Crippen LogP contribution < -0.4 is 0 Å². The number of nitro groups is 2. The van der Waals surface area contributed by atoms with Crippen LogP contribution in [0.5, 0.6) is 0 Å². The molecule has 0 aromatic rings. The fraction of sp³-hybridized carbons (Fsp3) is 0.857. The van der Waals surface area contributed by atoms with Gasteiger partial charge in [-0.3, -0.25) is 25.0 Å². The Morgan fingerprint density at radius 3 is 2.07 bits per heavy atom. The summed E-state index contributed by atoms with van der Waals surface area (Å²) in [5, 5.41) is 21.2. The summed E-state index contributed by atoms with van der Waals surface area (Å²) in [5.41, 5.74) is 0. The largest absolute Gasteiger partial charge is 0.621 e. The van der Waals surface area contributed by atoms with Crippen LogP contribution in [0.3, 0.4) is 0 Å². The molecule has 0 aromatic heterocycles. The first-order valence-corrected chi connectivity index (χ1v) is 4.35. The molecule has 0 aliphatic carbocycles. The average Bonchev–Trinajstić information content (AvgIpc) is 2.10. The zero-order valence-electron chi connectivity index (χ0n) is 8.47. The molecule has 15 heavy (non-hydrogen) atoms. The van der Waals surface area contributed by atoms with E-state index in [4.69, 9.17) is 0 Å². The van der Waals surface area contributed by atoms with Crippen molar-refractivity contribution in [2.45, 2.75) is 39.0 Å². The first-order valence-electron chi connectivity index (χ1n) is 4.35. The van der Waals surface area contributed by atoms with Gasteiger partial charge in [-0.1, -0.05) is 13.3 Å². The molecule has 0 amide bonds. The Hall–Kier alpha value is -1.73. The van der Waals surface area contributed by atoms with Crippen molar-refractivity contribution in [2.75, 3.05) is 0 Å². The van der Waals surface area contributed by atoms with Crippen LogP contribution in [0.4, 0.5) is 0 Å². The molecule has 0 unspecified atom stereocenters. The van der Waals surface area contributed by atoms with Gasteiger partial charge in [-0.2, -0.15) is 0 Å². The smallest absolute Gasteiger partial charge is 0.338 e. The lowest BCUT2D eigenvalue weighted by molar-refractivity contribution is -0.844. The molecule has 0 fully saturated rings. The van der Waals surface area contributed by atoms with Gasteiger partial charge >= 0.3 is 11.8 Å². The van der Waals surface area contributed by atoms with Crippen LogP contribution in [0.25, 0.3) is 0 Å². The standard InChI is InChI=1S/C7H12N2O6/c1-3-4-5-7(8(11)12,9(13)14)15-6(2)10/h3-5H2,1-2H3. The predicted octanol–water partition coefficient (Wildman–Crippen LogP) is 0.947. The van der Waals surface area contributed by atoms with E-state index in [1.807, 2.05) is 0 Å². The van der Waals surface area contributed by atoms with Crippen molar-refractivity contribution in [3.63, 3.8) is 0 Å². The number of ether oxygens (including phenoxy) is 1. The molecule has 0 radical (unpaired) electrons. The number of esters is 1. The van der Waals surface area contributed by atoms with Crippen LogP contribution >= 0.6 is 0 Å². The Balaban J connectivity index is 4.98. The normalized spacial score (nSPS) is 10.8. The van der Waals surface area contributed by atoms with Gasteiger partial charge in [0, 0.05) is 6.92 Å². The summed E-state index contributed by atoms with van der Waals surface area (Å²) >= 11 is 0. The highest BCUT2D eigenvalue weighted by molar-refractivity contribution is 5.66. The third kappa shape index (κ3) is 3.15. The van der Waals surface area contributed by atoms with E-state index in [0.717, 1.165) is 6.92 Å². The Bertz CT molecular complexity index is 263. The second-order valence-electron chi connectivity index (χ2n) is 2.95. The second kappa shape index (κ2) is 5.23. The molecular weight excluding hydrogens is 208 g/mol. The zero-order valence-corrected chi connectivity index (χ0v) is 8.47. The maximum Gasteiger partial charge on any atom is 0.621 e. The Kier molecular flexibility index (Phi) is 4.62. The second-order valence-corrected chi connectivity index (χ2v) is 2.95. The van der Waals surface area contributed by atoms with E-state index in [0.29, 0.717) is 6.42 Å². The van der Waals surface area contributed by atoms with Crippen molar-refractivity contribution >= 4 is 5.97 Å². The number of carbonyl (C=O) groups excluding carboxylic acids is 1. The van der Waals surface area contributed by atoms with Crippen LogP contribution in [0.2, 0.25) is 0 Å². The highest BCUT2D eigenvalue weighted by Crippen LogP contribution is 2.21. The molecular formula is C7H12N2O6. The first-order chi connectivity index (χ1) is 6.86. The third-order valence-corrected chi connectivity index (χ3v) is 1.73. The van der Waals surface area contributed by atoms with Gasteiger partial charge in [-0.25, -0.2) is 0 Å². The van der Waals surface area contributed by atoms with Crippen LogP contribution in [-0.2, 0) is 9.53 Å². The number of hydrogen-bond acceptors (Lipinski definition) is 6. The molecule has 0 heterocycles. The highest BCUT2D eigenvalue weighted by atomic mass is 16.8. The number of carbonyl (C=O) groups is 1. The van der Waals surface area contributed by atoms with Gasteiger partial charge < -0.3 is 4.74 Å². The van der Waals surface area contributed by atoms with Crippen molar-refractivity contribution in [2.24, 2.45) is 0 Å². The van der Waals surface area contributed by atoms with E-state index >= 15 is 0 Å². The third-order valence-electron chi connectivity index (χ3n) is 1.73. The summed E-state index contributed by atoms with van der Waals surface area (Å²) in [6, 6.07) is 0. The van der Waals surface area contributed by atoms with Crippen molar-refractivity contribution in [1.82, 2.24) is 0 Å². The Morgan fingerprint density at radius 2 is 1.80 bits per heavy atom. The molecule has 0 spiro atoms. The number of rotatable bonds is 6. The monoisotopic (exact) mass is 220 g/mol. The lowest BCUT2D eigenvalue weighted by Crippen LogP contribution is -2.49. The lowest BCUT2D eigenvalue weighted by Gasteiger charge is -2.15. The molecule has 0 aliphatic heterocycles. The Labute approximate surface area is 85.5 Å². The summed E-state index contributed by atoms with van der Waals surface area (Å²) in [7, 11) is 0. The first kappa shape index (κ1) is 13.3. The quantitative estimate of drug-likeness (QED) is 0.285. The lowest BCUT2D eigenvalue weighted by atomic mass is 10.2. The number of nitrogens with zero attached hydrogens (tertiary/aromatic N) is 2. The average molecular weight is 220 g/mol. The van der Waals surface area contributed by atoms with E-state index < -0.39 is 28.1 Å². The van der Waals surface area contributed by atoms with Crippen LogP contribution in [-0.4, -0.2) is 21.7 Å². The minimum atomic E-state index is -2.83. The number of hydrogen-bond donors (Lipinski definition) is 0. The van der Waals surface area contributed by atoms with Crippen LogP contribution in [0.15, 0.2) is 0 Å². The van der Waals surface area contributed by atoms with Gasteiger partial charge in [0.25, 0.3) is 0 Å². The minimum Gasteiger partial charge on any atom is -0.338 e. The van der Waals surface area contributed by atoms with Gasteiger partial charge in [0.15, 0.2) is 0 Å². The van der Waals surface area contributed by atoms with Gasteiger partial charge in [0.2, 0.25) is 0 Å². The molecule has 8 nitrogen and oxygen atoms in total. The summed E-state index contributed by atoms with van der Waals surface area (Å²) in [6.07, 6.45) is 0.336. The van der Waals surface area contributed by atoms with E-state index in [1.54, 1.807) is 6.92 Å². The van der Waals surface area contributed by atoms with Crippen molar-refractivity contribution < 1.29 is 19.4 Å². The molecule has 0 N–H and O–H groups in total. The predicted molar refractivity (Wildman–Crippen MR) is 48.0 cm³/mol.